The molecule has 0 spiro atoms. The molecule has 2 aromatic carbocycles. The minimum Gasteiger partial charge on any atom is -0.347 e. The van der Waals surface area contributed by atoms with Crippen LogP contribution in [0, 0.1) is 12.7 Å². The maximum Gasteiger partial charge on any atom is 0.270 e. The Labute approximate surface area is 127 Å². The van der Waals surface area contributed by atoms with E-state index in [9.17, 15) is 9.18 Å². The lowest BCUT2D eigenvalue weighted by atomic mass is 10.1. The summed E-state index contributed by atoms with van der Waals surface area (Å²) < 4.78 is 13.2. The summed E-state index contributed by atoms with van der Waals surface area (Å²) >= 11 is 0. The molecule has 1 N–H and O–H groups in total. The van der Waals surface area contributed by atoms with E-state index in [0.717, 1.165) is 16.5 Å². The molecule has 0 unspecified atom stereocenters. The summed E-state index contributed by atoms with van der Waals surface area (Å²) in [4.78, 5) is 16.5. The number of para-hydroxylation sites is 1. The van der Waals surface area contributed by atoms with Gasteiger partial charge in [-0.3, -0.25) is 4.79 Å². The Morgan fingerprint density at radius 1 is 1.14 bits per heavy atom. The van der Waals surface area contributed by atoms with Crippen molar-refractivity contribution in [3.8, 4) is 0 Å². The van der Waals surface area contributed by atoms with Crippen molar-refractivity contribution in [2.24, 2.45) is 0 Å². The molecular formula is C18H15FN2O. The first kappa shape index (κ1) is 14.2. The summed E-state index contributed by atoms with van der Waals surface area (Å²) in [6, 6.07) is 16.0. The maximum atomic E-state index is 13.2. The number of aryl methyl sites for hydroxylation is 1. The summed E-state index contributed by atoms with van der Waals surface area (Å²) in [6.45, 7) is 2.04. The molecule has 0 aliphatic heterocycles. The molecule has 3 nitrogen and oxygen atoms in total. The van der Waals surface area contributed by atoms with Crippen LogP contribution in [0.15, 0.2) is 54.6 Å². The lowest BCUT2D eigenvalue weighted by Gasteiger charge is -2.07. The Bertz CT molecular complexity index is 845. The van der Waals surface area contributed by atoms with E-state index in [4.69, 9.17) is 0 Å². The highest BCUT2D eigenvalue weighted by Gasteiger charge is 2.08. The molecule has 0 atom stereocenters. The number of benzene rings is 2. The topological polar surface area (TPSA) is 42.0 Å². The molecular weight excluding hydrogens is 279 g/mol. The number of nitrogens with one attached hydrogen (secondary N) is 1. The van der Waals surface area contributed by atoms with Gasteiger partial charge in [-0.15, -0.1) is 0 Å². The van der Waals surface area contributed by atoms with Gasteiger partial charge < -0.3 is 5.32 Å². The number of carbonyl (C=O) groups excluding carboxylic acids is 1. The van der Waals surface area contributed by atoms with Crippen molar-refractivity contribution in [1.82, 2.24) is 10.3 Å². The van der Waals surface area contributed by atoms with Gasteiger partial charge in [0.15, 0.2) is 0 Å². The van der Waals surface area contributed by atoms with E-state index in [-0.39, 0.29) is 11.7 Å². The maximum absolute atomic E-state index is 13.2. The van der Waals surface area contributed by atoms with Gasteiger partial charge in [0.1, 0.15) is 11.5 Å². The summed E-state index contributed by atoms with van der Waals surface area (Å²) in [6.07, 6.45) is 0. The van der Waals surface area contributed by atoms with Crippen LogP contribution in [0.25, 0.3) is 10.9 Å². The molecule has 0 aliphatic carbocycles. The fourth-order valence-corrected chi connectivity index (χ4v) is 2.28. The quantitative estimate of drug-likeness (QED) is 0.801. The van der Waals surface area contributed by atoms with Crippen LogP contribution in [0.3, 0.4) is 0 Å². The molecule has 0 radical (unpaired) electrons. The smallest absolute Gasteiger partial charge is 0.270 e. The SMILES string of the molecule is Cc1cc(CNC(=O)c2ccc3ccccc3n2)ccc1F. The second-order valence-corrected chi connectivity index (χ2v) is 5.16. The Balaban J connectivity index is 1.74. The molecule has 3 aromatic rings. The van der Waals surface area contributed by atoms with Gasteiger partial charge in [-0.05, 0) is 36.2 Å². The monoisotopic (exact) mass is 294 g/mol. The van der Waals surface area contributed by atoms with Crippen molar-refractivity contribution >= 4 is 16.8 Å². The van der Waals surface area contributed by atoms with Gasteiger partial charge in [0.25, 0.3) is 5.91 Å². The van der Waals surface area contributed by atoms with E-state index in [1.165, 1.54) is 6.07 Å². The predicted molar refractivity (Wildman–Crippen MR) is 84.1 cm³/mol. The highest BCUT2D eigenvalue weighted by atomic mass is 19.1. The van der Waals surface area contributed by atoms with Crippen LogP contribution in [0.1, 0.15) is 21.6 Å². The van der Waals surface area contributed by atoms with Crippen molar-refractivity contribution < 1.29 is 9.18 Å². The fraction of sp³-hybridized carbons (Fsp3) is 0.111. The Morgan fingerprint density at radius 2 is 1.95 bits per heavy atom. The first-order valence-electron chi connectivity index (χ1n) is 7.02. The highest BCUT2D eigenvalue weighted by Crippen LogP contribution is 2.12. The van der Waals surface area contributed by atoms with Gasteiger partial charge in [-0.2, -0.15) is 0 Å². The Kier molecular flexibility index (Phi) is 3.83. The van der Waals surface area contributed by atoms with Gasteiger partial charge in [-0.25, -0.2) is 9.37 Å². The number of fused-ring (bicyclic) bond motifs is 1. The number of rotatable bonds is 3. The molecule has 4 heteroatoms. The number of aromatic nitrogens is 1. The predicted octanol–water partition coefficient (Wildman–Crippen LogP) is 3.61. The number of amides is 1. The minimum atomic E-state index is -0.244. The zero-order valence-corrected chi connectivity index (χ0v) is 12.1. The van der Waals surface area contributed by atoms with E-state index in [1.54, 1.807) is 25.1 Å². The minimum absolute atomic E-state index is 0.243. The number of nitrogens with zero attached hydrogens (tertiary/aromatic N) is 1. The molecule has 110 valence electrons. The number of pyridine rings is 1. The van der Waals surface area contributed by atoms with Crippen LogP contribution < -0.4 is 5.32 Å². The molecule has 0 fully saturated rings. The molecule has 0 saturated carbocycles. The van der Waals surface area contributed by atoms with Crippen LogP contribution in [-0.4, -0.2) is 10.9 Å². The fourth-order valence-electron chi connectivity index (χ4n) is 2.28. The van der Waals surface area contributed by atoms with Gasteiger partial charge in [0, 0.05) is 11.9 Å². The third kappa shape index (κ3) is 2.96. The van der Waals surface area contributed by atoms with Crippen molar-refractivity contribution in [1.29, 1.82) is 0 Å². The average Bonchev–Trinajstić information content (AvgIpc) is 2.55. The number of halogens is 1. The standard InChI is InChI=1S/C18H15FN2O/c1-12-10-13(6-8-15(12)19)11-20-18(22)17-9-7-14-4-2-3-5-16(14)21-17/h2-10H,11H2,1H3,(H,20,22). The molecule has 0 bridgehead atoms. The first-order valence-corrected chi connectivity index (χ1v) is 7.02. The van der Waals surface area contributed by atoms with E-state index in [2.05, 4.69) is 10.3 Å². The van der Waals surface area contributed by atoms with Gasteiger partial charge in [0.2, 0.25) is 0 Å². The van der Waals surface area contributed by atoms with Crippen molar-refractivity contribution in [2.75, 3.05) is 0 Å². The number of hydrogen-bond acceptors (Lipinski definition) is 2. The summed E-state index contributed by atoms with van der Waals surface area (Å²) in [7, 11) is 0. The van der Waals surface area contributed by atoms with E-state index < -0.39 is 0 Å². The van der Waals surface area contributed by atoms with Gasteiger partial charge in [-0.1, -0.05) is 36.4 Å². The van der Waals surface area contributed by atoms with E-state index >= 15 is 0 Å². The number of carbonyl (C=O) groups is 1. The summed E-state index contributed by atoms with van der Waals surface area (Å²) in [5, 5.41) is 3.80. The molecule has 0 saturated heterocycles. The largest absolute Gasteiger partial charge is 0.347 e. The molecule has 1 heterocycles. The van der Waals surface area contributed by atoms with Crippen LogP contribution in [0.2, 0.25) is 0 Å². The molecule has 1 aromatic heterocycles. The lowest BCUT2D eigenvalue weighted by molar-refractivity contribution is 0.0946. The number of hydrogen-bond donors (Lipinski definition) is 1. The second kappa shape index (κ2) is 5.93. The van der Waals surface area contributed by atoms with Gasteiger partial charge >= 0.3 is 0 Å². The zero-order valence-electron chi connectivity index (χ0n) is 12.1. The third-order valence-electron chi connectivity index (χ3n) is 3.51. The second-order valence-electron chi connectivity index (χ2n) is 5.16. The molecule has 22 heavy (non-hydrogen) atoms. The van der Waals surface area contributed by atoms with Crippen molar-refractivity contribution in [2.45, 2.75) is 13.5 Å². The summed E-state index contributed by atoms with van der Waals surface area (Å²) in [5.74, 6) is -0.487. The Morgan fingerprint density at radius 3 is 2.77 bits per heavy atom. The van der Waals surface area contributed by atoms with Crippen molar-refractivity contribution in [3.05, 3.63) is 77.2 Å². The molecule has 3 rings (SSSR count). The molecule has 1 amide bonds. The lowest BCUT2D eigenvalue weighted by Crippen LogP contribution is -2.23. The van der Waals surface area contributed by atoms with Crippen molar-refractivity contribution in [3.63, 3.8) is 0 Å². The third-order valence-corrected chi connectivity index (χ3v) is 3.51. The Hall–Kier alpha value is -2.75. The van der Waals surface area contributed by atoms with E-state index in [1.807, 2.05) is 30.3 Å². The first-order chi connectivity index (χ1) is 10.6. The van der Waals surface area contributed by atoms with Crippen LogP contribution >= 0.6 is 0 Å². The summed E-state index contributed by atoms with van der Waals surface area (Å²) in [5.41, 5.74) is 2.58. The highest BCUT2D eigenvalue weighted by molar-refractivity contribution is 5.94. The van der Waals surface area contributed by atoms with Gasteiger partial charge in [0.05, 0.1) is 5.52 Å². The normalized spacial score (nSPS) is 10.6. The average molecular weight is 294 g/mol. The van der Waals surface area contributed by atoms with Crippen LogP contribution in [-0.2, 0) is 6.54 Å². The zero-order chi connectivity index (χ0) is 15.5. The van der Waals surface area contributed by atoms with E-state index in [0.29, 0.717) is 17.8 Å². The van der Waals surface area contributed by atoms with Crippen LogP contribution in [0.4, 0.5) is 4.39 Å². The molecule has 0 aliphatic rings. The van der Waals surface area contributed by atoms with Crippen LogP contribution in [0.5, 0.6) is 0 Å².